The van der Waals surface area contributed by atoms with Crippen molar-refractivity contribution >= 4 is 23.2 Å². The molecule has 0 bridgehead atoms. The summed E-state index contributed by atoms with van der Waals surface area (Å²) in [6.07, 6.45) is 1.54. The van der Waals surface area contributed by atoms with Gasteiger partial charge in [0.2, 0.25) is 5.91 Å². The molecule has 1 fully saturated rings. The first-order chi connectivity index (χ1) is 13.0. The molecule has 1 heterocycles. The first-order valence-corrected chi connectivity index (χ1v) is 9.96. The standard InChI is InChI=1S/C22H28ClN3O/c1-17(2)24-21(27)22(25-20-6-4-3-5-7-20)12-14-26(15-13-22)16-18-8-10-19(23)11-9-18/h3-11,17,25H,12-16H2,1-2H3,(H,24,27). The molecule has 0 radical (unpaired) electrons. The highest BCUT2D eigenvalue weighted by Crippen LogP contribution is 2.28. The third-order valence-corrected chi connectivity index (χ3v) is 5.29. The lowest BCUT2D eigenvalue weighted by Gasteiger charge is -2.42. The summed E-state index contributed by atoms with van der Waals surface area (Å²) in [4.78, 5) is 15.4. The predicted octanol–water partition coefficient (Wildman–Crippen LogP) is 4.31. The number of rotatable bonds is 6. The summed E-state index contributed by atoms with van der Waals surface area (Å²) in [6, 6.07) is 18.1. The fourth-order valence-electron chi connectivity index (χ4n) is 3.55. The van der Waals surface area contributed by atoms with E-state index >= 15 is 0 Å². The van der Waals surface area contributed by atoms with E-state index in [1.54, 1.807) is 0 Å². The zero-order valence-electron chi connectivity index (χ0n) is 16.0. The summed E-state index contributed by atoms with van der Waals surface area (Å²) in [6.45, 7) is 6.62. The monoisotopic (exact) mass is 385 g/mol. The molecule has 2 N–H and O–H groups in total. The molecule has 144 valence electrons. The Hall–Kier alpha value is -2.04. The Labute approximate surface area is 166 Å². The first-order valence-electron chi connectivity index (χ1n) is 9.58. The molecule has 0 saturated carbocycles. The molecule has 0 aromatic heterocycles. The third kappa shape index (κ3) is 5.24. The van der Waals surface area contributed by atoms with Crippen LogP contribution in [0.4, 0.5) is 5.69 Å². The van der Waals surface area contributed by atoms with E-state index in [9.17, 15) is 4.79 Å². The van der Waals surface area contributed by atoms with Crippen LogP contribution in [0.3, 0.4) is 0 Å². The molecule has 0 unspecified atom stereocenters. The molecule has 4 nitrogen and oxygen atoms in total. The zero-order chi connectivity index (χ0) is 19.3. The van der Waals surface area contributed by atoms with Crippen molar-refractivity contribution in [3.8, 4) is 0 Å². The number of carbonyl (C=O) groups excluding carboxylic acids is 1. The van der Waals surface area contributed by atoms with Crippen molar-refractivity contribution < 1.29 is 4.79 Å². The van der Waals surface area contributed by atoms with Gasteiger partial charge in [0.1, 0.15) is 5.54 Å². The number of hydrogen-bond donors (Lipinski definition) is 2. The molecular weight excluding hydrogens is 358 g/mol. The van der Waals surface area contributed by atoms with Crippen LogP contribution < -0.4 is 10.6 Å². The van der Waals surface area contributed by atoms with E-state index in [-0.39, 0.29) is 11.9 Å². The van der Waals surface area contributed by atoms with Gasteiger partial charge in [0, 0.05) is 36.4 Å². The highest BCUT2D eigenvalue weighted by atomic mass is 35.5. The number of amides is 1. The number of benzene rings is 2. The van der Waals surface area contributed by atoms with Gasteiger partial charge in [-0.3, -0.25) is 9.69 Å². The molecule has 1 aliphatic heterocycles. The zero-order valence-corrected chi connectivity index (χ0v) is 16.8. The second kappa shape index (κ2) is 8.77. The Morgan fingerprint density at radius 2 is 1.70 bits per heavy atom. The lowest BCUT2D eigenvalue weighted by atomic mass is 9.85. The number of carbonyl (C=O) groups is 1. The molecule has 27 heavy (non-hydrogen) atoms. The smallest absolute Gasteiger partial charge is 0.245 e. The third-order valence-electron chi connectivity index (χ3n) is 5.04. The number of para-hydroxylation sites is 1. The van der Waals surface area contributed by atoms with Crippen LogP contribution >= 0.6 is 11.6 Å². The molecule has 1 aliphatic rings. The number of anilines is 1. The SMILES string of the molecule is CC(C)NC(=O)C1(Nc2ccccc2)CCN(Cc2ccc(Cl)cc2)CC1. The van der Waals surface area contributed by atoms with Crippen molar-refractivity contribution in [1.82, 2.24) is 10.2 Å². The number of nitrogens with one attached hydrogen (secondary N) is 2. The minimum absolute atomic E-state index is 0.0903. The highest BCUT2D eigenvalue weighted by molar-refractivity contribution is 6.30. The van der Waals surface area contributed by atoms with Crippen molar-refractivity contribution in [3.05, 3.63) is 65.2 Å². The van der Waals surface area contributed by atoms with Crippen molar-refractivity contribution in [3.63, 3.8) is 0 Å². The van der Waals surface area contributed by atoms with Gasteiger partial charge < -0.3 is 10.6 Å². The van der Waals surface area contributed by atoms with Gasteiger partial charge in [-0.15, -0.1) is 0 Å². The molecule has 2 aromatic rings. The number of nitrogens with zero attached hydrogens (tertiary/aromatic N) is 1. The van der Waals surface area contributed by atoms with Crippen LogP contribution in [0.2, 0.25) is 5.02 Å². The Morgan fingerprint density at radius 3 is 2.30 bits per heavy atom. The summed E-state index contributed by atoms with van der Waals surface area (Å²) in [5.74, 6) is 0.0903. The molecule has 1 saturated heterocycles. The van der Waals surface area contributed by atoms with E-state index in [1.165, 1.54) is 5.56 Å². The second-order valence-electron chi connectivity index (χ2n) is 7.60. The van der Waals surface area contributed by atoms with E-state index in [1.807, 2.05) is 56.3 Å². The normalized spacial score (nSPS) is 16.9. The minimum Gasteiger partial charge on any atom is -0.371 e. The Kier molecular flexibility index (Phi) is 6.40. The molecule has 0 spiro atoms. The van der Waals surface area contributed by atoms with Gasteiger partial charge in [0.15, 0.2) is 0 Å². The maximum absolute atomic E-state index is 13.0. The fourth-order valence-corrected chi connectivity index (χ4v) is 3.67. The number of hydrogen-bond acceptors (Lipinski definition) is 3. The number of halogens is 1. The van der Waals surface area contributed by atoms with Crippen LogP contribution in [0.1, 0.15) is 32.3 Å². The minimum atomic E-state index is -0.567. The van der Waals surface area contributed by atoms with Gasteiger partial charge >= 0.3 is 0 Å². The van der Waals surface area contributed by atoms with Gasteiger partial charge in [0.25, 0.3) is 0 Å². The summed E-state index contributed by atoms with van der Waals surface area (Å²) >= 11 is 5.98. The van der Waals surface area contributed by atoms with E-state index in [0.717, 1.165) is 43.2 Å². The number of piperidine rings is 1. The van der Waals surface area contributed by atoms with Crippen LogP contribution in [0.25, 0.3) is 0 Å². The van der Waals surface area contributed by atoms with Crippen molar-refractivity contribution in [2.24, 2.45) is 0 Å². The van der Waals surface area contributed by atoms with Crippen molar-refractivity contribution in [2.45, 2.75) is 44.8 Å². The summed E-state index contributed by atoms with van der Waals surface area (Å²) < 4.78 is 0. The van der Waals surface area contributed by atoms with E-state index in [0.29, 0.717) is 0 Å². The van der Waals surface area contributed by atoms with Crippen LogP contribution in [-0.4, -0.2) is 35.5 Å². The predicted molar refractivity (Wildman–Crippen MR) is 112 cm³/mol. The molecule has 0 atom stereocenters. The summed E-state index contributed by atoms with van der Waals surface area (Å²) in [7, 11) is 0. The van der Waals surface area contributed by atoms with E-state index in [2.05, 4.69) is 27.7 Å². The first kappa shape index (κ1) is 19.7. The quantitative estimate of drug-likeness (QED) is 0.778. The average molecular weight is 386 g/mol. The summed E-state index contributed by atoms with van der Waals surface area (Å²) in [5, 5.41) is 7.40. The van der Waals surface area contributed by atoms with Gasteiger partial charge in [-0.1, -0.05) is 41.9 Å². The Bertz CT molecular complexity index is 738. The fraction of sp³-hybridized carbons (Fsp3) is 0.409. The Balaban J connectivity index is 1.69. The van der Waals surface area contributed by atoms with Crippen LogP contribution in [0.5, 0.6) is 0 Å². The molecule has 3 rings (SSSR count). The lowest BCUT2D eigenvalue weighted by Crippen LogP contribution is -2.59. The Morgan fingerprint density at radius 1 is 1.07 bits per heavy atom. The maximum Gasteiger partial charge on any atom is 0.245 e. The average Bonchev–Trinajstić information content (AvgIpc) is 2.65. The molecule has 0 aliphatic carbocycles. The van der Waals surface area contributed by atoms with Gasteiger partial charge in [-0.2, -0.15) is 0 Å². The van der Waals surface area contributed by atoms with Crippen LogP contribution in [0.15, 0.2) is 54.6 Å². The largest absolute Gasteiger partial charge is 0.371 e. The topological polar surface area (TPSA) is 44.4 Å². The maximum atomic E-state index is 13.0. The van der Waals surface area contributed by atoms with Gasteiger partial charge in [-0.25, -0.2) is 0 Å². The highest BCUT2D eigenvalue weighted by Gasteiger charge is 2.41. The van der Waals surface area contributed by atoms with E-state index < -0.39 is 5.54 Å². The molecular formula is C22H28ClN3O. The lowest BCUT2D eigenvalue weighted by molar-refractivity contribution is -0.127. The molecule has 2 aromatic carbocycles. The van der Waals surface area contributed by atoms with E-state index in [4.69, 9.17) is 11.6 Å². The second-order valence-corrected chi connectivity index (χ2v) is 8.04. The van der Waals surface area contributed by atoms with Gasteiger partial charge in [-0.05, 0) is 56.5 Å². The number of likely N-dealkylation sites (tertiary alicyclic amines) is 1. The van der Waals surface area contributed by atoms with Crippen molar-refractivity contribution in [1.29, 1.82) is 0 Å². The van der Waals surface area contributed by atoms with Crippen molar-refractivity contribution in [2.75, 3.05) is 18.4 Å². The van der Waals surface area contributed by atoms with Crippen LogP contribution in [-0.2, 0) is 11.3 Å². The van der Waals surface area contributed by atoms with Crippen LogP contribution in [0, 0.1) is 0 Å². The van der Waals surface area contributed by atoms with Gasteiger partial charge in [0.05, 0.1) is 0 Å². The molecule has 5 heteroatoms. The molecule has 1 amide bonds. The summed E-state index contributed by atoms with van der Waals surface area (Å²) in [5.41, 5.74) is 1.67.